The lowest BCUT2D eigenvalue weighted by molar-refractivity contribution is 0.237. The second kappa shape index (κ2) is 5.81. The first-order valence-corrected chi connectivity index (χ1v) is 7.60. The van der Waals surface area contributed by atoms with Crippen molar-refractivity contribution in [1.82, 2.24) is 9.88 Å². The van der Waals surface area contributed by atoms with Crippen molar-refractivity contribution in [1.29, 1.82) is 15.8 Å². The van der Waals surface area contributed by atoms with Crippen LogP contribution in [0.5, 0.6) is 0 Å². The van der Waals surface area contributed by atoms with E-state index in [4.69, 9.17) is 5.73 Å². The van der Waals surface area contributed by atoms with E-state index >= 15 is 0 Å². The molecule has 24 heavy (non-hydrogen) atoms. The summed E-state index contributed by atoms with van der Waals surface area (Å²) in [4.78, 5) is 6.25. The van der Waals surface area contributed by atoms with Gasteiger partial charge in [-0.2, -0.15) is 15.8 Å². The largest absolute Gasteiger partial charge is 0.399 e. The average Bonchev–Trinajstić information content (AvgIpc) is 2.62. The number of aromatic nitrogens is 1. The predicted molar refractivity (Wildman–Crippen MR) is 86.5 cm³/mol. The third kappa shape index (κ3) is 2.07. The normalized spacial score (nSPS) is 25.7. The molecule has 118 valence electrons. The van der Waals surface area contributed by atoms with Crippen LogP contribution >= 0.6 is 0 Å². The summed E-state index contributed by atoms with van der Waals surface area (Å²) in [5, 5.41) is 29.3. The van der Waals surface area contributed by atoms with Crippen molar-refractivity contribution < 1.29 is 0 Å². The average molecular weight is 316 g/mol. The molecule has 0 unspecified atom stereocenters. The zero-order valence-corrected chi connectivity index (χ0v) is 13.3. The Balaban J connectivity index is 2.33. The SMILES string of the molecule is CN1CC=C2C(C#N)=C(N)C(C#N)(C#N)[C@H](c3cccnc3)[C@@H]2C1. The standard InChI is InChI=1S/C18H16N6/c1-24-6-4-13-14(7-19)17(22)18(10-20,11-21)16(15(13)9-24)12-3-2-5-23-8-12/h2-5,8,15-16H,6,9,22H2,1H3/t15-,16-/m1/s1. The van der Waals surface area contributed by atoms with Crippen LogP contribution in [-0.4, -0.2) is 30.0 Å². The number of nitrogens with zero attached hydrogens (tertiary/aromatic N) is 5. The number of hydrogen-bond acceptors (Lipinski definition) is 6. The van der Waals surface area contributed by atoms with E-state index in [9.17, 15) is 15.8 Å². The first kappa shape index (κ1) is 15.7. The molecule has 0 bridgehead atoms. The van der Waals surface area contributed by atoms with Crippen molar-refractivity contribution in [3.63, 3.8) is 0 Å². The summed E-state index contributed by atoms with van der Waals surface area (Å²) in [5.74, 6) is -0.624. The first-order chi connectivity index (χ1) is 11.6. The Bertz CT molecular complexity index is 832. The number of hydrogen-bond donors (Lipinski definition) is 1. The van der Waals surface area contributed by atoms with Gasteiger partial charge in [-0.05, 0) is 24.3 Å². The fraction of sp³-hybridized carbons (Fsp3) is 0.333. The second-order valence-electron chi connectivity index (χ2n) is 6.18. The van der Waals surface area contributed by atoms with E-state index < -0.39 is 11.3 Å². The van der Waals surface area contributed by atoms with Gasteiger partial charge in [-0.25, -0.2) is 0 Å². The van der Waals surface area contributed by atoms with Gasteiger partial charge in [-0.3, -0.25) is 4.98 Å². The number of nitriles is 3. The van der Waals surface area contributed by atoms with Crippen LogP contribution in [0, 0.1) is 45.3 Å². The molecule has 2 atom stereocenters. The summed E-state index contributed by atoms with van der Waals surface area (Å²) in [6.07, 6.45) is 5.29. The van der Waals surface area contributed by atoms with Gasteiger partial charge in [0.15, 0.2) is 5.41 Å². The maximum absolute atomic E-state index is 9.86. The van der Waals surface area contributed by atoms with Gasteiger partial charge in [0.1, 0.15) is 6.07 Å². The highest BCUT2D eigenvalue weighted by Gasteiger charge is 2.54. The van der Waals surface area contributed by atoms with Crippen molar-refractivity contribution in [2.45, 2.75) is 5.92 Å². The van der Waals surface area contributed by atoms with E-state index in [2.05, 4.69) is 28.1 Å². The smallest absolute Gasteiger partial charge is 0.191 e. The molecule has 0 radical (unpaired) electrons. The molecular formula is C18H16N6. The van der Waals surface area contributed by atoms with Crippen LogP contribution in [0.15, 0.2) is 47.4 Å². The molecule has 1 aromatic heterocycles. The van der Waals surface area contributed by atoms with Crippen molar-refractivity contribution >= 4 is 0 Å². The number of rotatable bonds is 1. The van der Waals surface area contributed by atoms with Crippen LogP contribution in [0.2, 0.25) is 0 Å². The van der Waals surface area contributed by atoms with E-state index in [0.717, 1.165) is 11.1 Å². The van der Waals surface area contributed by atoms with E-state index in [1.54, 1.807) is 18.5 Å². The number of likely N-dealkylation sites (N-methyl/N-ethyl adjacent to an activating group) is 1. The maximum Gasteiger partial charge on any atom is 0.191 e. The van der Waals surface area contributed by atoms with Gasteiger partial charge < -0.3 is 10.6 Å². The summed E-state index contributed by atoms with van der Waals surface area (Å²) < 4.78 is 0. The van der Waals surface area contributed by atoms with Gasteiger partial charge in [0, 0.05) is 37.3 Å². The molecule has 2 heterocycles. The zero-order valence-electron chi connectivity index (χ0n) is 13.3. The van der Waals surface area contributed by atoms with Crippen molar-refractivity contribution in [3.8, 4) is 18.2 Å². The summed E-state index contributed by atoms with van der Waals surface area (Å²) in [5.41, 5.74) is 6.57. The number of allylic oxidation sites excluding steroid dienone is 2. The number of pyridine rings is 1. The predicted octanol–water partition coefficient (Wildman–Crippen LogP) is 1.44. The summed E-state index contributed by atoms with van der Waals surface area (Å²) in [6, 6.07) is 9.97. The van der Waals surface area contributed by atoms with E-state index in [1.807, 2.05) is 19.2 Å². The van der Waals surface area contributed by atoms with Gasteiger partial charge in [-0.1, -0.05) is 12.1 Å². The Labute approximate surface area is 140 Å². The van der Waals surface area contributed by atoms with Gasteiger partial charge in [0.25, 0.3) is 0 Å². The zero-order chi connectivity index (χ0) is 17.3. The highest BCUT2D eigenvalue weighted by Crippen LogP contribution is 2.53. The Morgan fingerprint density at radius 2 is 2.08 bits per heavy atom. The third-order valence-electron chi connectivity index (χ3n) is 4.89. The fourth-order valence-electron chi connectivity index (χ4n) is 3.76. The molecular weight excluding hydrogens is 300 g/mol. The monoisotopic (exact) mass is 316 g/mol. The van der Waals surface area contributed by atoms with Crippen LogP contribution in [0.3, 0.4) is 0 Å². The molecule has 1 aliphatic heterocycles. The minimum atomic E-state index is -1.58. The van der Waals surface area contributed by atoms with Crippen LogP contribution in [0.25, 0.3) is 0 Å². The summed E-state index contributed by atoms with van der Waals surface area (Å²) in [7, 11) is 1.97. The molecule has 2 aliphatic rings. The van der Waals surface area contributed by atoms with Crippen molar-refractivity contribution in [3.05, 3.63) is 53.0 Å². The van der Waals surface area contributed by atoms with Crippen molar-refractivity contribution in [2.75, 3.05) is 20.1 Å². The second-order valence-corrected chi connectivity index (χ2v) is 6.18. The molecule has 6 nitrogen and oxygen atoms in total. The Hall–Kier alpha value is -3.14. The molecule has 0 spiro atoms. The Morgan fingerprint density at radius 3 is 2.67 bits per heavy atom. The molecule has 0 saturated carbocycles. The highest BCUT2D eigenvalue weighted by atomic mass is 15.1. The maximum atomic E-state index is 9.86. The highest BCUT2D eigenvalue weighted by molar-refractivity contribution is 5.59. The lowest BCUT2D eigenvalue weighted by Gasteiger charge is -2.44. The summed E-state index contributed by atoms with van der Waals surface area (Å²) in [6.45, 7) is 1.35. The summed E-state index contributed by atoms with van der Waals surface area (Å²) >= 11 is 0. The minimum absolute atomic E-state index is 0.0518. The van der Waals surface area contributed by atoms with Crippen LogP contribution in [0.4, 0.5) is 0 Å². The topological polar surface area (TPSA) is 114 Å². The quantitative estimate of drug-likeness (QED) is 0.838. The molecule has 0 aromatic carbocycles. The molecule has 0 fully saturated rings. The fourth-order valence-corrected chi connectivity index (χ4v) is 3.76. The van der Waals surface area contributed by atoms with Gasteiger partial charge >= 0.3 is 0 Å². The molecule has 0 saturated heterocycles. The molecule has 0 amide bonds. The lowest BCUT2D eigenvalue weighted by atomic mass is 9.58. The third-order valence-corrected chi connectivity index (χ3v) is 4.89. The van der Waals surface area contributed by atoms with Gasteiger partial charge in [0.2, 0.25) is 0 Å². The van der Waals surface area contributed by atoms with Crippen LogP contribution in [-0.2, 0) is 0 Å². The minimum Gasteiger partial charge on any atom is -0.399 e. The first-order valence-electron chi connectivity index (χ1n) is 7.60. The van der Waals surface area contributed by atoms with Crippen LogP contribution < -0.4 is 5.73 Å². The molecule has 1 aromatic rings. The van der Waals surface area contributed by atoms with E-state index in [1.165, 1.54) is 0 Å². The van der Waals surface area contributed by atoms with Gasteiger partial charge in [-0.15, -0.1) is 0 Å². The molecule has 6 heteroatoms. The van der Waals surface area contributed by atoms with E-state index in [-0.39, 0.29) is 17.2 Å². The Morgan fingerprint density at radius 1 is 1.33 bits per heavy atom. The van der Waals surface area contributed by atoms with Crippen molar-refractivity contribution in [2.24, 2.45) is 17.1 Å². The van der Waals surface area contributed by atoms with E-state index in [0.29, 0.717) is 13.1 Å². The van der Waals surface area contributed by atoms with Gasteiger partial charge in [0.05, 0.1) is 23.4 Å². The lowest BCUT2D eigenvalue weighted by Crippen LogP contribution is -2.47. The molecule has 3 rings (SSSR count). The Kier molecular flexibility index (Phi) is 3.81. The number of nitrogens with two attached hydrogens (primary N) is 1. The van der Waals surface area contributed by atoms with Crippen LogP contribution in [0.1, 0.15) is 11.5 Å². The number of fused-ring (bicyclic) bond motifs is 1. The molecule has 2 N–H and O–H groups in total. The molecule has 1 aliphatic carbocycles.